The second kappa shape index (κ2) is 6.67. The fraction of sp³-hybridized carbons (Fsp3) is 0.571. The molecule has 6 nitrogen and oxygen atoms in total. The Bertz CT molecular complexity index is 456. The molecule has 2 rings (SSSR count). The van der Waals surface area contributed by atoms with Gasteiger partial charge in [-0.25, -0.2) is 4.98 Å². The average Bonchev–Trinajstić information content (AvgIpc) is 2.46. The summed E-state index contributed by atoms with van der Waals surface area (Å²) in [7, 11) is 1.62. The highest BCUT2D eigenvalue weighted by atomic mass is 16.3. The number of aliphatic hydroxyl groups excluding tert-OH is 1. The molecule has 0 aromatic carbocycles. The zero-order chi connectivity index (χ0) is 14.5. The van der Waals surface area contributed by atoms with Crippen LogP contribution in [0.15, 0.2) is 18.3 Å². The molecule has 0 spiro atoms. The average molecular weight is 278 g/mol. The third kappa shape index (κ3) is 3.46. The number of anilines is 1. The second-order valence-electron chi connectivity index (χ2n) is 5.09. The molecule has 6 heteroatoms. The van der Waals surface area contributed by atoms with Gasteiger partial charge in [0.15, 0.2) is 0 Å². The molecule has 1 amide bonds. The van der Waals surface area contributed by atoms with Crippen LogP contribution in [-0.2, 0) is 0 Å². The summed E-state index contributed by atoms with van der Waals surface area (Å²) >= 11 is 0. The monoisotopic (exact) mass is 278 g/mol. The van der Waals surface area contributed by atoms with E-state index in [4.69, 9.17) is 0 Å². The van der Waals surface area contributed by atoms with Crippen molar-refractivity contribution in [1.82, 2.24) is 15.2 Å². The molecule has 1 aromatic heterocycles. The minimum absolute atomic E-state index is 0.112. The van der Waals surface area contributed by atoms with E-state index < -0.39 is 0 Å². The molecule has 2 heterocycles. The molecular weight excluding hydrogens is 256 g/mol. The van der Waals surface area contributed by atoms with Gasteiger partial charge in [-0.15, -0.1) is 0 Å². The molecule has 20 heavy (non-hydrogen) atoms. The predicted molar refractivity (Wildman–Crippen MR) is 78.0 cm³/mol. The van der Waals surface area contributed by atoms with Gasteiger partial charge in [0.2, 0.25) is 0 Å². The number of nitrogens with one attached hydrogen (secondary N) is 1. The number of amides is 1. The summed E-state index contributed by atoms with van der Waals surface area (Å²) in [4.78, 5) is 20.6. The van der Waals surface area contributed by atoms with Crippen molar-refractivity contribution in [3.8, 4) is 0 Å². The summed E-state index contributed by atoms with van der Waals surface area (Å²) in [5.74, 6) is 0.628. The number of carbonyl (C=O) groups is 1. The van der Waals surface area contributed by atoms with E-state index in [1.54, 1.807) is 32.3 Å². The van der Waals surface area contributed by atoms with Crippen molar-refractivity contribution in [3.63, 3.8) is 0 Å². The molecule has 1 aromatic rings. The Morgan fingerprint density at radius 2 is 2.15 bits per heavy atom. The number of rotatable bonds is 4. The van der Waals surface area contributed by atoms with Crippen LogP contribution >= 0.6 is 0 Å². The summed E-state index contributed by atoms with van der Waals surface area (Å²) in [6.07, 6.45) is 1.40. The maximum atomic E-state index is 11.9. The number of pyridine rings is 1. The van der Waals surface area contributed by atoms with E-state index >= 15 is 0 Å². The van der Waals surface area contributed by atoms with Gasteiger partial charge in [-0.2, -0.15) is 0 Å². The lowest BCUT2D eigenvalue weighted by Gasteiger charge is -2.36. The third-order valence-electron chi connectivity index (χ3n) is 3.45. The van der Waals surface area contributed by atoms with Gasteiger partial charge in [0, 0.05) is 46.0 Å². The van der Waals surface area contributed by atoms with E-state index in [1.165, 1.54) is 0 Å². The summed E-state index contributed by atoms with van der Waals surface area (Å²) in [6.45, 7) is 5.86. The number of aliphatic hydroxyl groups is 1. The largest absolute Gasteiger partial charge is 0.392 e. The molecule has 1 aliphatic rings. The molecule has 1 aliphatic heterocycles. The number of hydrogen-bond acceptors (Lipinski definition) is 5. The lowest BCUT2D eigenvalue weighted by atomic mass is 10.2. The topological polar surface area (TPSA) is 68.7 Å². The van der Waals surface area contributed by atoms with Gasteiger partial charge in [-0.3, -0.25) is 9.69 Å². The van der Waals surface area contributed by atoms with Gasteiger partial charge in [-0.1, -0.05) is 0 Å². The van der Waals surface area contributed by atoms with Crippen LogP contribution < -0.4 is 10.2 Å². The van der Waals surface area contributed by atoms with Crippen molar-refractivity contribution in [3.05, 3.63) is 23.9 Å². The van der Waals surface area contributed by atoms with E-state index in [1.807, 2.05) is 0 Å². The molecule has 1 atom stereocenters. The number of carbonyl (C=O) groups excluding carboxylic acids is 1. The number of hydrogen-bond donors (Lipinski definition) is 2. The first-order chi connectivity index (χ1) is 9.61. The number of piperazine rings is 1. The van der Waals surface area contributed by atoms with E-state index in [0.29, 0.717) is 12.1 Å². The summed E-state index contributed by atoms with van der Waals surface area (Å²) in [5, 5.41) is 12.1. The fourth-order valence-corrected chi connectivity index (χ4v) is 2.48. The predicted octanol–water partition coefficient (Wildman–Crippen LogP) is -0.0560. The molecule has 1 saturated heterocycles. The quantitative estimate of drug-likeness (QED) is 0.808. The van der Waals surface area contributed by atoms with Crippen molar-refractivity contribution in [1.29, 1.82) is 0 Å². The summed E-state index contributed by atoms with van der Waals surface area (Å²) < 4.78 is 0. The molecule has 0 radical (unpaired) electrons. The Hall–Kier alpha value is -1.66. The fourth-order valence-electron chi connectivity index (χ4n) is 2.48. The Morgan fingerprint density at radius 3 is 2.75 bits per heavy atom. The van der Waals surface area contributed by atoms with Gasteiger partial charge in [0.05, 0.1) is 11.7 Å². The summed E-state index contributed by atoms with van der Waals surface area (Å²) in [5.41, 5.74) is 0.610. The standard InChI is InChI=1S/C14H22N4O2/c1-11(19)10-17-6-8-18(9-7-17)13-12(14(20)15-2)4-3-5-16-13/h3-5,11,19H,6-10H2,1-2H3,(H,15,20)/t11-/m1/s1. The highest BCUT2D eigenvalue weighted by molar-refractivity contribution is 5.98. The first kappa shape index (κ1) is 14.7. The van der Waals surface area contributed by atoms with Crippen LogP contribution in [-0.4, -0.2) is 66.8 Å². The Balaban J connectivity index is 2.05. The first-order valence-electron chi connectivity index (χ1n) is 6.94. The molecule has 1 fully saturated rings. The lowest BCUT2D eigenvalue weighted by Crippen LogP contribution is -2.49. The molecule has 0 bridgehead atoms. The van der Waals surface area contributed by atoms with Crippen molar-refractivity contribution in [2.45, 2.75) is 13.0 Å². The SMILES string of the molecule is CNC(=O)c1cccnc1N1CCN(C[C@@H](C)O)CC1. The maximum absolute atomic E-state index is 11.9. The Labute approximate surface area is 119 Å². The van der Waals surface area contributed by atoms with E-state index in [-0.39, 0.29) is 12.0 Å². The zero-order valence-electron chi connectivity index (χ0n) is 12.0. The van der Waals surface area contributed by atoms with Crippen molar-refractivity contribution in [2.75, 3.05) is 44.7 Å². The van der Waals surface area contributed by atoms with Crippen molar-refractivity contribution >= 4 is 11.7 Å². The van der Waals surface area contributed by atoms with E-state index in [0.717, 1.165) is 32.0 Å². The summed E-state index contributed by atoms with van der Waals surface area (Å²) in [6, 6.07) is 3.57. The van der Waals surface area contributed by atoms with Gasteiger partial charge in [0.1, 0.15) is 5.82 Å². The molecule has 0 unspecified atom stereocenters. The minimum atomic E-state index is -0.308. The Morgan fingerprint density at radius 1 is 1.45 bits per heavy atom. The van der Waals surface area contributed by atoms with E-state index in [2.05, 4.69) is 20.1 Å². The molecule has 0 aliphatic carbocycles. The van der Waals surface area contributed by atoms with Crippen LogP contribution in [0.4, 0.5) is 5.82 Å². The third-order valence-corrected chi connectivity index (χ3v) is 3.45. The molecule has 2 N–H and O–H groups in total. The highest BCUT2D eigenvalue weighted by Gasteiger charge is 2.22. The molecular formula is C14H22N4O2. The normalized spacial score (nSPS) is 17.9. The van der Waals surface area contributed by atoms with Crippen LogP contribution in [0.25, 0.3) is 0 Å². The van der Waals surface area contributed by atoms with Crippen molar-refractivity contribution in [2.24, 2.45) is 0 Å². The first-order valence-corrected chi connectivity index (χ1v) is 6.94. The highest BCUT2D eigenvalue weighted by Crippen LogP contribution is 2.18. The lowest BCUT2D eigenvalue weighted by molar-refractivity contribution is 0.0963. The van der Waals surface area contributed by atoms with Crippen LogP contribution in [0.3, 0.4) is 0 Å². The van der Waals surface area contributed by atoms with Crippen LogP contribution in [0.1, 0.15) is 17.3 Å². The van der Waals surface area contributed by atoms with Crippen LogP contribution in [0.5, 0.6) is 0 Å². The molecule has 110 valence electrons. The zero-order valence-corrected chi connectivity index (χ0v) is 12.0. The smallest absolute Gasteiger partial charge is 0.254 e. The van der Waals surface area contributed by atoms with E-state index in [9.17, 15) is 9.90 Å². The van der Waals surface area contributed by atoms with Gasteiger partial charge < -0.3 is 15.3 Å². The van der Waals surface area contributed by atoms with Crippen LogP contribution in [0, 0.1) is 0 Å². The van der Waals surface area contributed by atoms with Gasteiger partial charge in [-0.05, 0) is 19.1 Å². The minimum Gasteiger partial charge on any atom is -0.392 e. The maximum Gasteiger partial charge on any atom is 0.254 e. The second-order valence-corrected chi connectivity index (χ2v) is 5.09. The van der Waals surface area contributed by atoms with Crippen LogP contribution in [0.2, 0.25) is 0 Å². The van der Waals surface area contributed by atoms with Gasteiger partial charge >= 0.3 is 0 Å². The number of aromatic nitrogens is 1. The Kier molecular flexibility index (Phi) is 4.92. The van der Waals surface area contributed by atoms with Gasteiger partial charge in [0.25, 0.3) is 5.91 Å². The number of nitrogens with zero attached hydrogens (tertiary/aromatic N) is 3. The van der Waals surface area contributed by atoms with Crippen molar-refractivity contribution < 1.29 is 9.90 Å². The molecule has 0 saturated carbocycles. The number of β-amino-alcohol motifs (C(OH)–C–C–N with tert-alkyl or cyclic N) is 1.